The summed E-state index contributed by atoms with van der Waals surface area (Å²) in [6, 6.07) is 0. The molecule has 0 aromatic heterocycles. The number of rotatable bonds is 5. The number of carbonyl (C=O) groups is 1. The molecule has 1 amide bonds. The summed E-state index contributed by atoms with van der Waals surface area (Å²) in [6.07, 6.45) is 2.43. The predicted molar refractivity (Wildman–Crippen MR) is 63.6 cm³/mol. The topological polar surface area (TPSA) is 61.8 Å². The fraction of sp³-hybridized carbons (Fsp3) is 0.917. The molecule has 5 nitrogen and oxygen atoms in total. The molecule has 17 heavy (non-hydrogen) atoms. The van der Waals surface area contributed by atoms with Crippen molar-refractivity contribution in [1.82, 2.24) is 10.2 Å². The number of nitrogens with zero attached hydrogens (tertiary/aromatic N) is 1. The van der Waals surface area contributed by atoms with Gasteiger partial charge in [0.15, 0.2) is 0 Å². The normalized spacial score (nSPS) is 30.2. The molecule has 0 bridgehead atoms. The van der Waals surface area contributed by atoms with Gasteiger partial charge < -0.3 is 15.2 Å². The first-order valence-electron chi connectivity index (χ1n) is 6.42. The zero-order chi connectivity index (χ0) is 12.3. The van der Waals surface area contributed by atoms with Crippen LogP contribution in [0.5, 0.6) is 0 Å². The molecule has 1 heterocycles. The maximum atomic E-state index is 11.7. The Labute approximate surface area is 102 Å². The minimum Gasteiger partial charge on any atom is -0.394 e. The maximum Gasteiger partial charge on any atom is 0.234 e. The highest BCUT2D eigenvalue weighted by Crippen LogP contribution is 2.27. The van der Waals surface area contributed by atoms with Crippen LogP contribution in [0.1, 0.15) is 19.8 Å². The van der Waals surface area contributed by atoms with Crippen molar-refractivity contribution < 1.29 is 14.6 Å². The van der Waals surface area contributed by atoms with Crippen LogP contribution in [0.2, 0.25) is 0 Å². The number of aliphatic hydroxyl groups excluding tert-OH is 1. The third kappa shape index (κ3) is 4.26. The van der Waals surface area contributed by atoms with Crippen LogP contribution in [0.25, 0.3) is 0 Å². The Balaban J connectivity index is 1.70. The number of morpholine rings is 1. The van der Waals surface area contributed by atoms with Gasteiger partial charge in [0.1, 0.15) is 0 Å². The smallest absolute Gasteiger partial charge is 0.234 e. The van der Waals surface area contributed by atoms with Crippen molar-refractivity contribution >= 4 is 5.91 Å². The summed E-state index contributed by atoms with van der Waals surface area (Å²) in [7, 11) is 0. The van der Waals surface area contributed by atoms with Crippen molar-refractivity contribution in [3.8, 4) is 0 Å². The molecular weight excluding hydrogens is 220 g/mol. The second kappa shape index (κ2) is 5.80. The van der Waals surface area contributed by atoms with Crippen molar-refractivity contribution in [1.29, 1.82) is 0 Å². The van der Waals surface area contributed by atoms with E-state index in [1.165, 1.54) is 12.8 Å². The molecule has 2 N–H and O–H groups in total. The van der Waals surface area contributed by atoms with Gasteiger partial charge in [0.05, 0.1) is 25.4 Å². The molecule has 2 rings (SSSR count). The number of nitrogens with one attached hydrogen (secondary N) is 1. The summed E-state index contributed by atoms with van der Waals surface area (Å²) in [4.78, 5) is 13.7. The van der Waals surface area contributed by atoms with Gasteiger partial charge in [0.2, 0.25) is 5.91 Å². The van der Waals surface area contributed by atoms with Crippen LogP contribution in [0, 0.1) is 5.92 Å². The van der Waals surface area contributed by atoms with Gasteiger partial charge in [0.25, 0.3) is 0 Å². The lowest BCUT2D eigenvalue weighted by Gasteiger charge is -2.35. The number of hydrogen-bond acceptors (Lipinski definition) is 4. The minimum absolute atomic E-state index is 0.0184. The van der Waals surface area contributed by atoms with Crippen LogP contribution in [-0.4, -0.2) is 60.9 Å². The summed E-state index contributed by atoms with van der Waals surface area (Å²) >= 11 is 0. The largest absolute Gasteiger partial charge is 0.394 e. The fourth-order valence-electron chi connectivity index (χ4n) is 2.21. The lowest BCUT2D eigenvalue weighted by atomic mass is 10.2. The van der Waals surface area contributed by atoms with Gasteiger partial charge in [0, 0.05) is 19.6 Å². The first kappa shape index (κ1) is 12.8. The number of aliphatic hydroxyl groups is 1. The van der Waals surface area contributed by atoms with Crippen LogP contribution >= 0.6 is 0 Å². The molecule has 98 valence electrons. The van der Waals surface area contributed by atoms with Crippen LogP contribution in [-0.2, 0) is 9.53 Å². The first-order valence-corrected chi connectivity index (χ1v) is 6.42. The Morgan fingerprint density at radius 3 is 2.88 bits per heavy atom. The van der Waals surface area contributed by atoms with E-state index in [4.69, 9.17) is 9.84 Å². The average Bonchev–Trinajstić information content (AvgIpc) is 3.09. The standard InChI is InChI=1S/C12H22N2O3/c1-9-5-14(6-11(8-15)17-9)7-12(16)13-4-10-2-3-10/h9-11,15H,2-8H2,1H3,(H,13,16). The van der Waals surface area contributed by atoms with Gasteiger partial charge in [-0.15, -0.1) is 0 Å². The molecular formula is C12H22N2O3. The molecule has 2 fully saturated rings. The molecule has 1 saturated heterocycles. The van der Waals surface area contributed by atoms with Crippen LogP contribution in [0.15, 0.2) is 0 Å². The van der Waals surface area contributed by atoms with Gasteiger partial charge in [-0.3, -0.25) is 9.69 Å². The number of carbonyl (C=O) groups excluding carboxylic acids is 1. The molecule has 1 aliphatic heterocycles. The molecule has 0 aromatic rings. The number of hydrogen-bond donors (Lipinski definition) is 2. The van der Waals surface area contributed by atoms with Crippen molar-refractivity contribution in [2.45, 2.75) is 32.0 Å². The van der Waals surface area contributed by atoms with E-state index in [0.29, 0.717) is 19.0 Å². The molecule has 2 atom stereocenters. The quantitative estimate of drug-likeness (QED) is 0.688. The van der Waals surface area contributed by atoms with Crippen molar-refractivity contribution in [3.05, 3.63) is 0 Å². The second-order valence-corrected chi connectivity index (χ2v) is 5.19. The van der Waals surface area contributed by atoms with E-state index in [2.05, 4.69) is 10.2 Å². The molecule has 1 saturated carbocycles. The summed E-state index contributed by atoms with van der Waals surface area (Å²) in [6.45, 7) is 4.62. The van der Waals surface area contributed by atoms with E-state index in [0.717, 1.165) is 13.1 Å². The Morgan fingerprint density at radius 1 is 1.47 bits per heavy atom. The third-order valence-corrected chi connectivity index (χ3v) is 3.26. The Kier molecular flexibility index (Phi) is 4.36. The van der Waals surface area contributed by atoms with E-state index in [-0.39, 0.29) is 24.7 Å². The molecule has 1 aliphatic carbocycles. The molecule has 0 aromatic carbocycles. The summed E-state index contributed by atoms with van der Waals surface area (Å²) in [5.41, 5.74) is 0. The van der Waals surface area contributed by atoms with E-state index >= 15 is 0 Å². The maximum absolute atomic E-state index is 11.7. The second-order valence-electron chi connectivity index (χ2n) is 5.19. The van der Waals surface area contributed by atoms with Gasteiger partial charge in [-0.2, -0.15) is 0 Å². The molecule has 0 spiro atoms. The zero-order valence-corrected chi connectivity index (χ0v) is 10.4. The minimum atomic E-state index is -0.157. The third-order valence-electron chi connectivity index (χ3n) is 3.26. The lowest BCUT2D eigenvalue weighted by molar-refractivity contribution is -0.128. The predicted octanol–water partition coefficient (Wildman–Crippen LogP) is -0.406. The molecule has 0 radical (unpaired) electrons. The van der Waals surface area contributed by atoms with E-state index in [1.54, 1.807) is 0 Å². The Bertz CT molecular complexity index is 268. The molecule has 5 heteroatoms. The monoisotopic (exact) mass is 242 g/mol. The number of ether oxygens (including phenoxy) is 1. The molecule has 2 aliphatic rings. The lowest BCUT2D eigenvalue weighted by Crippen LogP contribution is -2.51. The van der Waals surface area contributed by atoms with Gasteiger partial charge in [-0.25, -0.2) is 0 Å². The highest BCUT2D eigenvalue weighted by atomic mass is 16.5. The van der Waals surface area contributed by atoms with Gasteiger partial charge in [-0.05, 0) is 25.7 Å². The highest BCUT2D eigenvalue weighted by molar-refractivity contribution is 5.78. The van der Waals surface area contributed by atoms with Crippen molar-refractivity contribution in [2.24, 2.45) is 5.92 Å². The average molecular weight is 242 g/mol. The first-order chi connectivity index (χ1) is 8.17. The molecule has 2 unspecified atom stereocenters. The summed E-state index contributed by atoms with van der Waals surface area (Å²) in [5.74, 6) is 0.801. The Hall–Kier alpha value is -0.650. The van der Waals surface area contributed by atoms with Crippen LogP contribution in [0.3, 0.4) is 0 Å². The SMILES string of the molecule is CC1CN(CC(=O)NCC2CC2)CC(CO)O1. The van der Waals surface area contributed by atoms with Crippen molar-refractivity contribution in [3.63, 3.8) is 0 Å². The highest BCUT2D eigenvalue weighted by Gasteiger charge is 2.26. The van der Waals surface area contributed by atoms with E-state index in [1.807, 2.05) is 6.92 Å². The van der Waals surface area contributed by atoms with E-state index in [9.17, 15) is 4.79 Å². The Morgan fingerprint density at radius 2 is 2.24 bits per heavy atom. The fourth-order valence-corrected chi connectivity index (χ4v) is 2.21. The summed E-state index contributed by atoms with van der Waals surface area (Å²) < 4.78 is 5.53. The zero-order valence-electron chi connectivity index (χ0n) is 10.4. The number of amides is 1. The van der Waals surface area contributed by atoms with Crippen LogP contribution in [0.4, 0.5) is 0 Å². The van der Waals surface area contributed by atoms with Crippen molar-refractivity contribution in [2.75, 3.05) is 32.8 Å². The van der Waals surface area contributed by atoms with Gasteiger partial charge in [-0.1, -0.05) is 0 Å². The summed E-state index contributed by atoms with van der Waals surface area (Å²) in [5, 5.41) is 12.0. The van der Waals surface area contributed by atoms with E-state index < -0.39 is 0 Å². The van der Waals surface area contributed by atoms with Gasteiger partial charge >= 0.3 is 0 Å². The van der Waals surface area contributed by atoms with Crippen LogP contribution < -0.4 is 5.32 Å².